The number of Topliss-reactive ketones (excluding diaryl/α,β-unsaturated/α-hetero) is 1. The van der Waals surface area contributed by atoms with Gasteiger partial charge in [-0.05, 0) is 56.0 Å². The zero-order valence-corrected chi connectivity index (χ0v) is 26.8. The van der Waals surface area contributed by atoms with E-state index >= 15 is 0 Å². The molecule has 3 aromatic rings. The number of ketones is 1. The van der Waals surface area contributed by atoms with Crippen LogP contribution in [0.15, 0.2) is 42.4 Å². The van der Waals surface area contributed by atoms with Gasteiger partial charge in [0.05, 0.1) is 5.56 Å². The molecule has 5 heterocycles. The number of rotatable bonds is 5. The molecule has 4 amide bonds. The van der Waals surface area contributed by atoms with Crippen molar-refractivity contribution in [3.8, 4) is 5.75 Å². The molecular weight excluding hydrogens is 631 g/mol. The Bertz CT molecular complexity index is 1800. The minimum atomic E-state index is -4.93. The minimum Gasteiger partial charge on any atom is -0.452 e. The number of urea groups is 1. The molecule has 2 fully saturated rings. The molecule has 0 bridgehead atoms. The number of nitrogens with one attached hydrogen (secondary N) is 2. The number of amides is 4. The van der Waals surface area contributed by atoms with E-state index in [2.05, 4.69) is 20.5 Å². The summed E-state index contributed by atoms with van der Waals surface area (Å²) < 4.78 is 46.0. The zero-order valence-electron chi connectivity index (χ0n) is 26.8. The number of hydrogen-bond acceptors (Lipinski definition) is 7. The lowest BCUT2D eigenvalue weighted by Crippen LogP contribution is -2.50. The van der Waals surface area contributed by atoms with Gasteiger partial charge in [-0.1, -0.05) is 0 Å². The monoisotopic (exact) mass is 667 g/mol. The summed E-state index contributed by atoms with van der Waals surface area (Å²) in [4.78, 5) is 59.3. The minimum absolute atomic E-state index is 0.0174. The number of anilines is 2. The Morgan fingerprint density at radius 2 is 1.75 bits per heavy atom. The van der Waals surface area contributed by atoms with E-state index in [0.29, 0.717) is 24.5 Å². The fraction of sp³-hybridized carbons (Fsp3) is 0.424. The van der Waals surface area contributed by atoms with E-state index < -0.39 is 24.2 Å². The third-order valence-corrected chi connectivity index (χ3v) is 9.06. The standard InChI is InChI=1S/C33H36F3N7O5/c1-40(2)30(45)19-7-12-42(13-8-19)24-6-11-37-29-27(24)20(18-41(29)3)16-26-28(44)23-17-22(4-5-25(23)48-26)39-32(47)38-21-9-14-43(15-10-21)31(46)33(34,35)36/h4-6,11,16-19,21H,7-10,12-15H2,1-3H3,(H2,38,39,47)/b26-16-. The molecular formula is C33H36F3N7O5. The van der Waals surface area contributed by atoms with Crippen molar-refractivity contribution in [2.75, 3.05) is 50.5 Å². The van der Waals surface area contributed by atoms with Gasteiger partial charge in [-0.2, -0.15) is 13.2 Å². The van der Waals surface area contributed by atoms with Gasteiger partial charge in [-0.25, -0.2) is 9.78 Å². The number of allylic oxidation sites excluding steroid dienone is 1. The van der Waals surface area contributed by atoms with Crippen LogP contribution in [0.1, 0.15) is 41.6 Å². The maximum absolute atomic E-state index is 13.5. The number of fused-ring (bicyclic) bond motifs is 2. The highest BCUT2D eigenvalue weighted by Gasteiger charge is 2.43. The van der Waals surface area contributed by atoms with Crippen molar-refractivity contribution in [3.63, 3.8) is 0 Å². The number of carbonyl (C=O) groups is 4. The molecule has 0 aliphatic carbocycles. The summed E-state index contributed by atoms with van der Waals surface area (Å²) in [6.45, 7) is 1.17. The number of aryl methyl sites for hydroxylation is 1. The van der Waals surface area contributed by atoms with E-state index in [1.807, 2.05) is 23.9 Å². The van der Waals surface area contributed by atoms with E-state index in [1.165, 1.54) is 6.07 Å². The summed E-state index contributed by atoms with van der Waals surface area (Å²) in [5.74, 6) is -1.67. The Balaban J connectivity index is 1.13. The molecule has 0 atom stereocenters. The van der Waals surface area contributed by atoms with Crippen LogP contribution in [0.4, 0.5) is 29.3 Å². The van der Waals surface area contributed by atoms with Crippen LogP contribution < -0.4 is 20.3 Å². The first-order valence-corrected chi connectivity index (χ1v) is 15.7. The van der Waals surface area contributed by atoms with Gasteiger partial charge in [0.25, 0.3) is 0 Å². The fourth-order valence-electron chi connectivity index (χ4n) is 6.59. The molecule has 2 saturated heterocycles. The summed E-state index contributed by atoms with van der Waals surface area (Å²) in [5.41, 5.74) is 3.05. The topological polar surface area (TPSA) is 129 Å². The number of ether oxygens (including phenoxy) is 1. The van der Waals surface area contributed by atoms with Crippen molar-refractivity contribution < 1.29 is 37.1 Å². The molecule has 2 N–H and O–H groups in total. The number of aromatic nitrogens is 2. The van der Waals surface area contributed by atoms with Crippen molar-refractivity contribution in [1.29, 1.82) is 0 Å². The van der Waals surface area contributed by atoms with Crippen molar-refractivity contribution in [2.24, 2.45) is 13.0 Å². The molecule has 0 saturated carbocycles. The second-order valence-electron chi connectivity index (χ2n) is 12.5. The normalized spacial score (nSPS) is 18.2. The number of benzene rings is 1. The Morgan fingerprint density at radius 1 is 1.04 bits per heavy atom. The number of carbonyl (C=O) groups excluding carboxylic acids is 4. The molecule has 0 spiro atoms. The lowest BCUT2D eigenvalue weighted by molar-refractivity contribution is -0.186. The maximum Gasteiger partial charge on any atom is 0.471 e. The number of likely N-dealkylation sites (tertiary alicyclic amines) is 1. The number of alkyl halides is 3. The van der Waals surface area contributed by atoms with Gasteiger partial charge < -0.3 is 34.6 Å². The van der Waals surface area contributed by atoms with E-state index in [9.17, 15) is 32.3 Å². The van der Waals surface area contributed by atoms with Crippen molar-refractivity contribution in [3.05, 3.63) is 53.5 Å². The van der Waals surface area contributed by atoms with Gasteiger partial charge in [0.1, 0.15) is 11.4 Å². The number of piperidine rings is 2. The molecule has 48 heavy (non-hydrogen) atoms. The molecule has 3 aliphatic heterocycles. The molecule has 15 heteroatoms. The molecule has 1 aromatic carbocycles. The second kappa shape index (κ2) is 12.8. The van der Waals surface area contributed by atoms with Crippen LogP contribution in [-0.4, -0.2) is 95.5 Å². The quantitative estimate of drug-likeness (QED) is 0.391. The summed E-state index contributed by atoms with van der Waals surface area (Å²) in [6, 6.07) is 5.63. The Kier molecular flexibility index (Phi) is 8.79. The van der Waals surface area contributed by atoms with Crippen LogP contribution in [0.3, 0.4) is 0 Å². The highest BCUT2D eigenvalue weighted by molar-refractivity contribution is 6.16. The largest absolute Gasteiger partial charge is 0.471 e. The van der Waals surface area contributed by atoms with Crippen molar-refractivity contribution >= 4 is 52.1 Å². The molecule has 0 unspecified atom stereocenters. The van der Waals surface area contributed by atoms with Gasteiger partial charge in [-0.3, -0.25) is 14.4 Å². The fourth-order valence-corrected chi connectivity index (χ4v) is 6.59. The lowest BCUT2D eigenvalue weighted by Gasteiger charge is -2.34. The predicted octanol–water partition coefficient (Wildman–Crippen LogP) is 4.17. The number of hydrogen-bond donors (Lipinski definition) is 2. The summed E-state index contributed by atoms with van der Waals surface area (Å²) >= 11 is 0. The lowest BCUT2D eigenvalue weighted by atomic mass is 9.95. The first-order chi connectivity index (χ1) is 22.8. The van der Waals surface area contributed by atoms with Crippen LogP contribution in [0.5, 0.6) is 5.75 Å². The SMILES string of the molecule is CN(C)C(=O)C1CCN(c2ccnc3c2c(/C=C2\Oc4ccc(NC(=O)NC5CCN(C(=O)C(F)(F)F)CC5)cc4C2=O)cn3C)CC1. The van der Waals surface area contributed by atoms with E-state index in [-0.39, 0.29) is 54.9 Å². The Labute approximate surface area is 274 Å². The molecule has 254 valence electrons. The van der Waals surface area contributed by atoms with Crippen LogP contribution in [-0.2, 0) is 16.6 Å². The van der Waals surface area contributed by atoms with Gasteiger partial charge in [0, 0.05) is 94.0 Å². The molecule has 6 rings (SSSR count). The molecule has 12 nitrogen and oxygen atoms in total. The molecule has 3 aliphatic rings. The number of halogens is 3. The second-order valence-corrected chi connectivity index (χ2v) is 12.5. The van der Waals surface area contributed by atoms with E-state index in [1.54, 1.807) is 43.4 Å². The van der Waals surface area contributed by atoms with Crippen molar-refractivity contribution in [2.45, 2.75) is 37.9 Å². The first kappa shape index (κ1) is 32.8. The Hall–Kier alpha value is -5.08. The summed E-state index contributed by atoms with van der Waals surface area (Å²) in [6.07, 6.45) is 2.23. The zero-order chi connectivity index (χ0) is 34.3. The number of nitrogens with zero attached hydrogens (tertiary/aromatic N) is 5. The predicted molar refractivity (Wildman–Crippen MR) is 172 cm³/mol. The van der Waals surface area contributed by atoms with Gasteiger partial charge in [0.15, 0.2) is 5.76 Å². The third kappa shape index (κ3) is 6.53. The highest BCUT2D eigenvalue weighted by Crippen LogP contribution is 2.37. The first-order valence-electron chi connectivity index (χ1n) is 15.7. The Morgan fingerprint density at radius 3 is 2.42 bits per heavy atom. The van der Waals surface area contributed by atoms with Gasteiger partial charge in [0.2, 0.25) is 11.7 Å². The van der Waals surface area contributed by atoms with Crippen LogP contribution >= 0.6 is 0 Å². The maximum atomic E-state index is 13.5. The summed E-state index contributed by atoms with van der Waals surface area (Å²) in [5, 5.41) is 6.26. The molecule has 0 radical (unpaired) electrons. The van der Waals surface area contributed by atoms with Crippen LogP contribution in [0, 0.1) is 5.92 Å². The highest BCUT2D eigenvalue weighted by atomic mass is 19.4. The average molecular weight is 668 g/mol. The third-order valence-electron chi connectivity index (χ3n) is 9.06. The average Bonchev–Trinajstić information content (AvgIpc) is 3.55. The summed E-state index contributed by atoms with van der Waals surface area (Å²) in [7, 11) is 5.43. The van der Waals surface area contributed by atoms with Gasteiger partial charge in [-0.15, -0.1) is 0 Å². The van der Waals surface area contributed by atoms with E-state index in [0.717, 1.165) is 40.0 Å². The van der Waals surface area contributed by atoms with E-state index in [4.69, 9.17) is 4.74 Å². The van der Waals surface area contributed by atoms with Crippen molar-refractivity contribution in [1.82, 2.24) is 24.7 Å². The number of pyridine rings is 1. The van der Waals surface area contributed by atoms with Crippen LogP contribution in [0.2, 0.25) is 0 Å². The van der Waals surface area contributed by atoms with Crippen LogP contribution in [0.25, 0.3) is 17.1 Å². The smallest absolute Gasteiger partial charge is 0.452 e. The molecule has 2 aromatic heterocycles. The van der Waals surface area contributed by atoms with Gasteiger partial charge >= 0.3 is 18.1 Å².